The predicted octanol–water partition coefficient (Wildman–Crippen LogP) is 2.07. The van der Waals surface area contributed by atoms with E-state index in [9.17, 15) is 14.9 Å². The number of nitrogens with zero attached hydrogens (tertiary/aromatic N) is 2. The molecule has 1 aromatic rings. The van der Waals surface area contributed by atoms with Gasteiger partial charge >= 0.3 is 11.7 Å². The zero-order valence-corrected chi connectivity index (χ0v) is 10.0. The normalized spacial score (nSPS) is 9.67. The van der Waals surface area contributed by atoms with Crippen LogP contribution in [0.15, 0.2) is 23.8 Å². The van der Waals surface area contributed by atoms with Crippen LogP contribution in [0.2, 0.25) is 0 Å². The summed E-state index contributed by atoms with van der Waals surface area (Å²) in [6, 6.07) is 2.23. The lowest BCUT2D eigenvalue weighted by molar-refractivity contribution is -0.384. The monoisotopic (exact) mass is 251 g/mol. The molecule has 0 radical (unpaired) electrons. The summed E-state index contributed by atoms with van der Waals surface area (Å²) in [4.78, 5) is 24.6. The molecule has 0 saturated heterocycles. The van der Waals surface area contributed by atoms with Gasteiger partial charge in [-0.3, -0.25) is 10.1 Å². The third kappa shape index (κ3) is 3.55. The van der Waals surface area contributed by atoms with Gasteiger partial charge in [-0.2, -0.15) is 0 Å². The van der Waals surface area contributed by atoms with Gasteiger partial charge in [0.1, 0.15) is 0 Å². The van der Waals surface area contributed by atoms with E-state index >= 15 is 0 Å². The van der Waals surface area contributed by atoms with E-state index in [0.717, 1.165) is 17.7 Å². The van der Waals surface area contributed by atoms with Gasteiger partial charge in [0.15, 0.2) is 5.69 Å². The summed E-state index contributed by atoms with van der Waals surface area (Å²) in [5.41, 5.74) is 0.557. The summed E-state index contributed by atoms with van der Waals surface area (Å²) in [7, 11) is 0. The topological polar surface area (TPSA) is 105 Å². The maximum atomic E-state index is 10.8. The van der Waals surface area contributed by atoms with Crippen LogP contribution in [0.3, 0.4) is 0 Å². The van der Waals surface area contributed by atoms with Crippen LogP contribution in [0, 0.1) is 10.1 Å². The summed E-state index contributed by atoms with van der Waals surface area (Å²) in [5.74, 6) is -1.27. The Morgan fingerprint density at radius 3 is 2.72 bits per heavy atom. The lowest BCUT2D eigenvalue weighted by atomic mass is 10.3. The summed E-state index contributed by atoms with van der Waals surface area (Å²) < 4.78 is 0. The fraction of sp³-hybridized carbons (Fsp3) is 0.273. The van der Waals surface area contributed by atoms with E-state index in [0.29, 0.717) is 6.54 Å². The maximum Gasteiger partial charge on any atom is 0.354 e. The number of carbonyl (C=O) groups is 1. The zero-order valence-electron chi connectivity index (χ0n) is 10.0. The molecule has 2 N–H and O–H groups in total. The molecule has 1 rings (SSSR count). The molecule has 0 atom stereocenters. The summed E-state index contributed by atoms with van der Waals surface area (Å²) in [6.07, 6.45) is 1.82. The van der Waals surface area contributed by atoms with Gasteiger partial charge in [0.05, 0.1) is 4.92 Å². The highest BCUT2D eigenvalue weighted by atomic mass is 16.6. The summed E-state index contributed by atoms with van der Waals surface area (Å²) in [6.45, 7) is 4.12. The van der Waals surface area contributed by atoms with Crippen molar-refractivity contribution in [1.82, 2.24) is 4.98 Å². The molecule has 1 aromatic heterocycles. The van der Waals surface area contributed by atoms with Crippen LogP contribution in [0.5, 0.6) is 0 Å². The second kappa shape index (κ2) is 5.76. The van der Waals surface area contributed by atoms with Crippen molar-refractivity contribution in [2.24, 2.45) is 0 Å². The second-order valence-electron chi connectivity index (χ2n) is 3.79. The number of rotatable bonds is 5. The second-order valence-corrected chi connectivity index (χ2v) is 3.79. The SMILES string of the molecule is CC(C)=CCNc1nc(C(=O)O)ccc1[N+](=O)[O-]. The molecule has 0 aliphatic rings. The van der Waals surface area contributed by atoms with E-state index < -0.39 is 10.9 Å². The number of pyridine rings is 1. The molecule has 7 heteroatoms. The van der Waals surface area contributed by atoms with Gasteiger partial charge in [-0.25, -0.2) is 9.78 Å². The van der Waals surface area contributed by atoms with Crippen molar-refractivity contribution in [3.8, 4) is 0 Å². The molecule has 0 spiro atoms. The average Bonchev–Trinajstić information content (AvgIpc) is 2.27. The number of aromatic nitrogens is 1. The van der Waals surface area contributed by atoms with Crippen LogP contribution in [0.1, 0.15) is 24.3 Å². The van der Waals surface area contributed by atoms with E-state index in [1.165, 1.54) is 0 Å². The molecule has 0 fully saturated rings. The van der Waals surface area contributed by atoms with E-state index in [-0.39, 0.29) is 17.2 Å². The molecule has 1 heterocycles. The number of carboxylic acids is 1. The minimum absolute atomic E-state index is 0.0441. The Hall–Kier alpha value is -2.44. The van der Waals surface area contributed by atoms with Gasteiger partial charge in [0, 0.05) is 12.6 Å². The lowest BCUT2D eigenvalue weighted by Crippen LogP contribution is -2.08. The Morgan fingerprint density at radius 1 is 1.56 bits per heavy atom. The van der Waals surface area contributed by atoms with Crippen LogP contribution in [-0.2, 0) is 0 Å². The fourth-order valence-electron chi connectivity index (χ4n) is 1.20. The van der Waals surface area contributed by atoms with Crippen molar-refractivity contribution >= 4 is 17.5 Å². The molecular formula is C11H13N3O4. The van der Waals surface area contributed by atoms with Crippen molar-refractivity contribution in [1.29, 1.82) is 0 Å². The van der Waals surface area contributed by atoms with Crippen molar-refractivity contribution in [2.75, 3.05) is 11.9 Å². The fourth-order valence-corrected chi connectivity index (χ4v) is 1.20. The van der Waals surface area contributed by atoms with Crippen molar-refractivity contribution in [2.45, 2.75) is 13.8 Å². The third-order valence-corrected chi connectivity index (χ3v) is 2.07. The number of aromatic carboxylic acids is 1. The standard InChI is InChI=1S/C11H13N3O4/c1-7(2)5-6-12-10-9(14(17)18)4-3-8(13-10)11(15)16/h3-5H,6H2,1-2H3,(H,12,13)(H,15,16). The van der Waals surface area contributed by atoms with E-state index in [1.54, 1.807) is 0 Å². The Kier molecular flexibility index (Phi) is 4.36. The van der Waals surface area contributed by atoms with Crippen LogP contribution < -0.4 is 5.32 Å². The van der Waals surface area contributed by atoms with Gasteiger partial charge in [-0.1, -0.05) is 11.6 Å². The Bertz CT molecular complexity index is 507. The van der Waals surface area contributed by atoms with Gasteiger partial charge in [-0.15, -0.1) is 0 Å². The maximum absolute atomic E-state index is 10.8. The first-order valence-electron chi connectivity index (χ1n) is 5.17. The quantitative estimate of drug-likeness (QED) is 0.471. The molecule has 96 valence electrons. The average molecular weight is 251 g/mol. The Balaban J connectivity index is 3.04. The molecule has 7 nitrogen and oxygen atoms in total. The minimum Gasteiger partial charge on any atom is -0.477 e. The first-order valence-corrected chi connectivity index (χ1v) is 5.17. The Morgan fingerprint density at radius 2 is 2.22 bits per heavy atom. The highest BCUT2D eigenvalue weighted by Gasteiger charge is 2.17. The summed E-state index contributed by atoms with van der Waals surface area (Å²) in [5, 5.41) is 22.3. The van der Waals surface area contributed by atoms with Gasteiger partial charge in [0.2, 0.25) is 5.82 Å². The molecule has 0 aliphatic heterocycles. The number of nitrogens with one attached hydrogen (secondary N) is 1. The minimum atomic E-state index is -1.23. The van der Waals surface area contributed by atoms with E-state index in [1.807, 2.05) is 19.9 Å². The van der Waals surface area contributed by atoms with Gasteiger partial charge in [-0.05, 0) is 19.9 Å². The van der Waals surface area contributed by atoms with Crippen LogP contribution in [0.4, 0.5) is 11.5 Å². The molecule has 18 heavy (non-hydrogen) atoms. The highest BCUT2D eigenvalue weighted by Crippen LogP contribution is 2.21. The number of nitro groups is 1. The van der Waals surface area contributed by atoms with Gasteiger partial charge < -0.3 is 10.4 Å². The smallest absolute Gasteiger partial charge is 0.354 e. The molecule has 0 amide bonds. The highest BCUT2D eigenvalue weighted by molar-refractivity contribution is 5.86. The van der Waals surface area contributed by atoms with E-state index in [4.69, 9.17) is 5.11 Å². The number of hydrogen-bond donors (Lipinski definition) is 2. The van der Waals surface area contributed by atoms with Crippen LogP contribution in [0.25, 0.3) is 0 Å². The van der Waals surface area contributed by atoms with Crippen molar-refractivity contribution in [3.63, 3.8) is 0 Å². The number of allylic oxidation sites excluding steroid dienone is 1. The largest absolute Gasteiger partial charge is 0.477 e. The van der Waals surface area contributed by atoms with Crippen molar-refractivity contribution < 1.29 is 14.8 Å². The van der Waals surface area contributed by atoms with E-state index in [2.05, 4.69) is 10.3 Å². The molecule has 0 saturated carbocycles. The lowest BCUT2D eigenvalue weighted by Gasteiger charge is -2.04. The predicted molar refractivity (Wildman–Crippen MR) is 65.8 cm³/mol. The number of carboxylic acid groups (broad SMARTS) is 1. The third-order valence-electron chi connectivity index (χ3n) is 2.07. The Labute approximate surface area is 103 Å². The number of hydrogen-bond acceptors (Lipinski definition) is 5. The van der Waals surface area contributed by atoms with Crippen molar-refractivity contribution in [3.05, 3.63) is 39.6 Å². The molecule has 0 aromatic carbocycles. The molecule has 0 aliphatic carbocycles. The molecular weight excluding hydrogens is 238 g/mol. The number of anilines is 1. The summed E-state index contributed by atoms with van der Waals surface area (Å²) >= 11 is 0. The first-order chi connectivity index (χ1) is 8.41. The zero-order chi connectivity index (χ0) is 13.7. The van der Waals surface area contributed by atoms with Gasteiger partial charge in [0.25, 0.3) is 0 Å². The molecule has 0 bridgehead atoms. The molecule has 0 unspecified atom stereocenters. The van der Waals surface area contributed by atoms with Crippen LogP contribution >= 0.6 is 0 Å². The van der Waals surface area contributed by atoms with Crippen LogP contribution in [-0.4, -0.2) is 27.5 Å². The first kappa shape index (κ1) is 13.6.